The predicted octanol–water partition coefficient (Wildman–Crippen LogP) is 1.28. The Hall–Kier alpha value is -1.33. The lowest BCUT2D eigenvalue weighted by Crippen LogP contribution is -2.32. The lowest BCUT2D eigenvalue weighted by Gasteiger charge is -2.21. The number of hydrogen-bond donors (Lipinski definition) is 2. The van der Waals surface area contributed by atoms with Crippen LogP contribution in [0.25, 0.3) is 0 Å². The molecule has 0 aliphatic carbocycles. The summed E-state index contributed by atoms with van der Waals surface area (Å²) in [6.45, 7) is 6.23. The van der Waals surface area contributed by atoms with Crippen LogP contribution in [0.3, 0.4) is 0 Å². The molecule has 4 nitrogen and oxygen atoms in total. The van der Waals surface area contributed by atoms with Gasteiger partial charge in [0.1, 0.15) is 0 Å². The number of fused-ring (bicyclic) bond motifs is 1. The highest BCUT2D eigenvalue weighted by Crippen LogP contribution is 2.22. The molecule has 0 bridgehead atoms. The maximum absolute atomic E-state index is 12.0. The Morgan fingerprint density at radius 2 is 2.28 bits per heavy atom. The number of rotatable bonds is 3. The average Bonchev–Trinajstić information content (AvgIpc) is 2.71. The van der Waals surface area contributed by atoms with Gasteiger partial charge in [-0.1, -0.05) is 26.8 Å². The molecule has 2 rings (SSSR count). The van der Waals surface area contributed by atoms with Crippen LogP contribution in [-0.4, -0.2) is 18.0 Å². The second kappa shape index (κ2) is 4.74. The molecule has 1 aliphatic heterocycles. The van der Waals surface area contributed by atoms with Crippen molar-refractivity contribution in [3.05, 3.63) is 23.8 Å². The van der Waals surface area contributed by atoms with Gasteiger partial charge >= 0.3 is 7.12 Å². The van der Waals surface area contributed by atoms with Crippen LogP contribution < -0.4 is 10.8 Å². The first-order chi connectivity index (χ1) is 8.44. The molecule has 5 heteroatoms. The molecule has 0 atom stereocenters. The summed E-state index contributed by atoms with van der Waals surface area (Å²) in [4.78, 5) is 12.0. The van der Waals surface area contributed by atoms with Crippen LogP contribution in [0.1, 0.15) is 32.8 Å². The molecule has 0 saturated heterocycles. The van der Waals surface area contributed by atoms with Crippen molar-refractivity contribution < 1.29 is 14.5 Å². The summed E-state index contributed by atoms with van der Waals surface area (Å²) in [6.07, 6.45) is 0.773. The van der Waals surface area contributed by atoms with E-state index in [1.807, 2.05) is 32.9 Å². The minimum absolute atomic E-state index is 0.0154. The van der Waals surface area contributed by atoms with Crippen molar-refractivity contribution in [1.82, 2.24) is 0 Å². The van der Waals surface area contributed by atoms with E-state index in [-0.39, 0.29) is 5.91 Å². The zero-order valence-corrected chi connectivity index (χ0v) is 11.0. The molecule has 0 spiro atoms. The minimum Gasteiger partial charge on any atom is -0.423 e. The zero-order valence-electron chi connectivity index (χ0n) is 11.0. The summed E-state index contributed by atoms with van der Waals surface area (Å²) in [5.74, 6) is -0.0154. The van der Waals surface area contributed by atoms with Gasteiger partial charge in [0.25, 0.3) is 0 Å². The molecule has 0 radical (unpaired) electrons. The molecule has 1 amide bonds. The second-order valence-electron chi connectivity index (χ2n) is 5.27. The predicted molar refractivity (Wildman–Crippen MR) is 71.5 cm³/mol. The molecule has 1 aliphatic rings. The van der Waals surface area contributed by atoms with Crippen LogP contribution in [0.15, 0.2) is 18.2 Å². The van der Waals surface area contributed by atoms with Crippen LogP contribution in [-0.2, 0) is 16.1 Å². The van der Waals surface area contributed by atoms with Crippen LogP contribution >= 0.6 is 0 Å². The van der Waals surface area contributed by atoms with Crippen molar-refractivity contribution in [3.63, 3.8) is 0 Å². The third-order valence-corrected chi connectivity index (χ3v) is 3.57. The number of benzene rings is 1. The van der Waals surface area contributed by atoms with Crippen molar-refractivity contribution in [3.8, 4) is 0 Å². The van der Waals surface area contributed by atoms with Gasteiger partial charge in [0.2, 0.25) is 5.91 Å². The van der Waals surface area contributed by atoms with Gasteiger partial charge in [-0.25, -0.2) is 0 Å². The van der Waals surface area contributed by atoms with E-state index < -0.39 is 12.5 Å². The number of hydrogen-bond acceptors (Lipinski definition) is 3. The van der Waals surface area contributed by atoms with Crippen molar-refractivity contribution >= 4 is 24.2 Å². The Bertz CT molecular complexity index is 473. The fourth-order valence-corrected chi connectivity index (χ4v) is 1.75. The SMILES string of the molecule is CCC(C)(C)C(=O)Nc1ccc2c(c1)B(O)OC2. The maximum Gasteiger partial charge on any atom is 0.491 e. The number of carbonyl (C=O) groups excluding carboxylic acids is 1. The molecule has 0 saturated carbocycles. The highest BCUT2D eigenvalue weighted by molar-refractivity contribution is 6.61. The Kier molecular flexibility index (Phi) is 3.46. The van der Waals surface area contributed by atoms with Crippen molar-refractivity contribution in [2.45, 2.75) is 33.8 Å². The number of anilines is 1. The first-order valence-corrected chi connectivity index (χ1v) is 6.18. The van der Waals surface area contributed by atoms with Crippen LogP contribution in [0.4, 0.5) is 5.69 Å². The molecule has 18 heavy (non-hydrogen) atoms. The van der Waals surface area contributed by atoms with Gasteiger partial charge in [-0.3, -0.25) is 4.79 Å². The van der Waals surface area contributed by atoms with Gasteiger partial charge in [0, 0.05) is 11.1 Å². The molecule has 96 valence electrons. The molecule has 1 heterocycles. The average molecular weight is 247 g/mol. The standard InChI is InChI=1S/C13H18BNO3/c1-4-13(2,3)12(16)15-10-6-5-9-8-18-14(17)11(9)7-10/h5-7,17H,4,8H2,1-3H3,(H,15,16). The van der Waals surface area contributed by atoms with Crippen molar-refractivity contribution in [2.75, 3.05) is 5.32 Å². The Morgan fingerprint density at radius 1 is 1.56 bits per heavy atom. The summed E-state index contributed by atoms with van der Waals surface area (Å²) in [5.41, 5.74) is 2.01. The van der Waals surface area contributed by atoms with Gasteiger partial charge in [0.15, 0.2) is 0 Å². The first-order valence-electron chi connectivity index (χ1n) is 6.18. The fraction of sp³-hybridized carbons (Fsp3) is 0.462. The fourth-order valence-electron chi connectivity index (χ4n) is 1.75. The third-order valence-electron chi connectivity index (χ3n) is 3.57. The topological polar surface area (TPSA) is 58.6 Å². The van der Waals surface area contributed by atoms with E-state index >= 15 is 0 Å². The monoisotopic (exact) mass is 247 g/mol. The summed E-state index contributed by atoms with van der Waals surface area (Å²) in [5, 5.41) is 12.5. The van der Waals surface area contributed by atoms with Crippen LogP contribution in [0, 0.1) is 5.41 Å². The van der Waals surface area contributed by atoms with E-state index in [9.17, 15) is 9.82 Å². The zero-order chi connectivity index (χ0) is 13.3. The summed E-state index contributed by atoms with van der Waals surface area (Å²) < 4.78 is 5.11. The normalized spacial score (nSPS) is 14.6. The van der Waals surface area contributed by atoms with Crippen molar-refractivity contribution in [2.24, 2.45) is 5.41 Å². The van der Waals surface area contributed by atoms with E-state index in [0.29, 0.717) is 12.3 Å². The Balaban J connectivity index is 2.16. The van der Waals surface area contributed by atoms with E-state index in [1.54, 1.807) is 6.07 Å². The molecular weight excluding hydrogens is 229 g/mol. The molecule has 0 fully saturated rings. The number of carbonyl (C=O) groups is 1. The van der Waals surface area contributed by atoms with Gasteiger partial charge in [-0.2, -0.15) is 0 Å². The van der Waals surface area contributed by atoms with Gasteiger partial charge in [-0.05, 0) is 29.6 Å². The highest BCUT2D eigenvalue weighted by atomic mass is 16.5. The molecule has 1 aromatic carbocycles. The number of amides is 1. The second-order valence-corrected chi connectivity index (χ2v) is 5.27. The quantitative estimate of drug-likeness (QED) is 0.791. The van der Waals surface area contributed by atoms with Gasteiger partial charge < -0.3 is 15.0 Å². The Labute approximate surface area is 107 Å². The first kappa shape index (κ1) is 13.1. The minimum atomic E-state index is -0.879. The molecule has 0 unspecified atom stereocenters. The smallest absolute Gasteiger partial charge is 0.423 e. The molecule has 2 N–H and O–H groups in total. The summed E-state index contributed by atoms with van der Waals surface area (Å²) in [6, 6.07) is 5.49. The highest BCUT2D eigenvalue weighted by Gasteiger charge is 2.29. The summed E-state index contributed by atoms with van der Waals surface area (Å²) in [7, 11) is -0.879. The van der Waals surface area contributed by atoms with Crippen LogP contribution in [0.2, 0.25) is 0 Å². The largest absolute Gasteiger partial charge is 0.491 e. The van der Waals surface area contributed by atoms with E-state index in [4.69, 9.17) is 4.65 Å². The van der Waals surface area contributed by atoms with E-state index in [0.717, 1.165) is 17.4 Å². The van der Waals surface area contributed by atoms with Crippen LogP contribution in [0.5, 0.6) is 0 Å². The molecule has 0 aromatic heterocycles. The lowest BCUT2D eigenvalue weighted by atomic mass is 9.79. The molecule has 1 aromatic rings. The van der Waals surface area contributed by atoms with Gasteiger partial charge in [0.05, 0.1) is 6.61 Å². The Morgan fingerprint density at radius 3 is 2.94 bits per heavy atom. The lowest BCUT2D eigenvalue weighted by molar-refractivity contribution is -0.124. The maximum atomic E-state index is 12.0. The van der Waals surface area contributed by atoms with Crippen molar-refractivity contribution in [1.29, 1.82) is 0 Å². The summed E-state index contributed by atoms with van der Waals surface area (Å²) >= 11 is 0. The molecular formula is C13H18BNO3. The number of nitrogens with one attached hydrogen (secondary N) is 1. The van der Waals surface area contributed by atoms with E-state index in [2.05, 4.69) is 5.32 Å². The van der Waals surface area contributed by atoms with E-state index in [1.165, 1.54) is 0 Å². The third kappa shape index (κ3) is 2.42. The van der Waals surface area contributed by atoms with Gasteiger partial charge in [-0.15, -0.1) is 0 Å².